The van der Waals surface area contributed by atoms with Crippen molar-refractivity contribution < 1.29 is 9.53 Å². The Morgan fingerprint density at radius 3 is 2.87 bits per heavy atom. The lowest BCUT2D eigenvalue weighted by Gasteiger charge is -1.97. The number of methoxy groups -OCH3 is 1. The molecule has 0 unspecified atom stereocenters. The van der Waals surface area contributed by atoms with Crippen molar-refractivity contribution >= 4 is 6.29 Å². The van der Waals surface area contributed by atoms with Crippen molar-refractivity contribution in [3.05, 3.63) is 36.2 Å². The minimum absolute atomic E-state index is 0.302. The number of aromatic nitrogens is 3. The van der Waals surface area contributed by atoms with Crippen molar-refractivity contribution in [1.82, 2.24) is 14.8 Å². The maximum absolute atomic E-state index is 10.7. The summed E-state index contributed by atoms with van der Waals surface area (Å²) in [7, 11) is 1.47. The third-order valence-electron chi connectivity index (χ3n) is 1.91. The van der Waals surface area contributed by atoms with E-state index in [1.807, 2.05) is 12.1 Å². The molecule has 5 heteroatoms. The first kappa shape index (κ1) is 9.39. The Labute approximate surface area is 86.3 Å². The van der Waals surface area contributed by atoms with Crippen LogP contribution in [-0.4, -0.2) is 28.2 Å². The van der Waals surface area contributed by atoms with E-state index in [0.717, 1.165) is 0 Å². The number of aldehydes is 1. The van der Waals surface area contributed by atoms with Gasteiger partial charge in [-0.05, 0) is 12.1 Å². The molecule has 0 saturated carbocycles. The van der Waals surface area contributed by atoms with Gasteiger partial charge < -0.3 is 4.74 Å². The fraction of sp³-hybridized carbons (Fsp3) is 0.100. The monoisotopic (exact) mass is 203 g/mol. The number of pyridine rings is 1. The molecule has 5 nitrogen and oxygen atoms in total. The summed E-state index contributed by atoms with van der Waals surface area (Å²) in [5.41, 5.74) is 0.406. The molecule has 0 bridgehead atoms. The van der Waals surface area contributed by atoms with Gasteiger partial charge in [-0.1, -0.05) is 6.07 Å². The van der Waals surface area contributed by atoms with Crippen LogP contribution in [0.4, 0.5) is 0 Å². The quantitative estimate of drug-likeness (QED) is 0.700. The fourth-order valence-corrected chi connectivity index (χ4v) is 1.22. The van der Waals surface area contributed by atoms with Gasteiger partial charge in [-0.15, -0.1) is 5.10 Å². The number of carbonyl (C=O) groups excluding carboxylic acids is 1. The SMILES string of the molecule is COc1nn(-c2ccccn2)cc1C=O. The molecule has 2 rings (SSSR count). The number of rotatable bonds is 3. The number of hydrogen-bond donors (Lipinski definition) is 0. The van der Waals surface area contributed by atoms with Crippen molar-refractivity contribution in [3.63, 3.8) is 0 Å². The number of ether oxygens (including phenoxy) is 1. The third kappa shape index (κ3) is 1.71. The largest absolute Gasteiger partial charge is 0.479 e. The molecule has 76 valence electrons. The lowest BCUT2D eigenvalue weighted by molar-refractivity contribution is 0.112. The van der Waals surface area contributed by atoms with Crippen LogP contribution in [-0.2, 0) is 0 Å². The van der Waals surface area contributed by atoms with E-state index in [1.54, 1.807) is 18.5 Å². The second-order valence-electron chi connectivity index (χ2n) is 2.84. The molecule has 0 radical (unpaired) electrons. The van der Waals surface area contributed by atoms with E-state index in [1.165, 1.54) is 11.8 Å². The lowest BCUT2D eigenvalue weighted by Crippen LogP contribution is -1.97. The summed E-state index contributed by atoms with van der Waals surface area (Å²) in [5, 5.41) is 4.07. The Hall–Kier alpha value is -2.17. The smallest absolute Gasteiger partial charge is 0.243 e. The molecule has 0 N–H and O–H groups in total. The first-order valence-electron chi connectivity index (χ1n) is 4.35. The van der Waals surface area contributed by atoms with Crippen LogP contribution in [0, 0.1) is 0 Å². The highest BCUT2D eigenvalue weighted by Gasteiger charge is 2.09. The Morgan fingerprint density at radius 2 is 2.33 bits per heavy atom. The summed E-state index contributed by atoms with van der Waals surface area (Å²) >= 11 is 0. The molecular weight excluding hydrogens is 194 g/mol. The van der Waals surface area contributed by atoms with Crippen LogP contribution in [0.5, 0.6) is 5.88 Å². The van der Waals surface area contributed by atoms with Crippen LogP contribution < -0.4 is 4.74 Å². The van der Waals surface area contributed by atoms with Crippen LogP contribution in [0.1, 0.15) is 10.4 Å². The molecule has 2 aromatic rings. The van der Waals surface area contributed by atoms with E-state index in [2.05, 4.69) is 10.1 Å². The van der Waals surface area contributed by atoms with Gasteiger partial charge >= 0.3 is 0 Å². The standard InChI is InChI=1S/C10H9N3O2/c1-15-10-8(7-14)6-13(12-10)9-4-2-3-5-11-9/h2-7H,1H3. The summed E-state index contributed by atoms with van der Waals surface area (Å²) in [6, 6.07) is 5.45. The Kier molecular flexibility index (Phi) is 2.45. The summed E-state index contributed by atoms with van der Waals surface area (Å²) in [4.78, 5) is 14.8. The zero-order valence-electron chi connectivity index (χ0n) is 8.12. The van der Waals surface area contributed by atoms with Gasteiger partial charge in [0.05, 0.1) is 12.7 Å². The highest BCUT2D eigenvalue weighted by molar-refractivity contribution is 5.77. The average molecular weight is 203 g/mol. The Morgan fingerprint density at radius 1 is 1.47 bits per heavy atom. The van der Waals surface area contributed by atoms with E-state index in [4.69, 9.17) is 4.74 Å². The van der Waals surface area contributed by atoms with Gasteiger partial charge in [-0.3, -0.25) is 4.79 Å². The molecule has 0 aliphatic heterocycles. The predicted octanol–water partition coefficient (Wildman–Crippen LogP) is 1.09. The van der Waals surface area contributed by atoms with Gasteiger partial charge in [0.1, 0.15) is 0 Å². The van der Waals surface area contributed by atoms with Gasteiger partial charge in [0, 0.05) is 12.4 Å². The molecule has 0 aromatic carbocycles. The molecule has 2 heterocycles. The lowest BCUT2D eigenvalue weighted by atomic mass is 10.4. The Balaban J connectivity index is 2.46. The minimum Gasteiger partial charge on any atom is -0.479 e. The van der Waals surface area contributed by atoms with Crippen molar-refractivity contribution in [2.24, 2.45) is 0 Å². The summed E-state index contributed by atoms with van der Waals surface area (Å²) in [5.74, 6) is 0.944. The topological polar surface area (TPSA) is 57.0 Å². The van der Waals surface area contributed by atoms with Crippen molar-refractivity contribution in [2.45, 2.75) is 0 Å². The average Bonchev–Trinajstić information content (AvgIpc) is 2.73. The highest BCUT2D eigenvalue weighted by Crippen LogP contribution is 2.15. The number of hydrogen-bond acceptors (Lipinski definition) is 4. The van der Waals surface area contributed by atoms with Gasteiger partial charge in [0.15, 0.2) is 12.1 Å². The molecule has 15 heavy (non-hydrogen) atoms. The molecule has 0 atom stereocenters. The first-order valence-corrected chi connectivity index (χ1v) is 4.35. The van der Waals surface area contributed by atoms with E-state index in [0.29, 0.717) is 23.5 Å². The van der Waals surface area contributed by atoms with E-state index < -0.39 is 0 Å². The van der Waals surface area contributed by atoms with Crippen molar-refractivity contribution in [2.75, 3.05) is 7.11 Å². The molecule has 0 aliphatic rings. The van der Waals surface area contributed by atoms with Crippen molar-refractivity contribution in [1.29, 1.82) is 0 Å². The first-order chi connectivity index (χ1) is 7.35. The highest BCUT2D eigenvalue weighted by atomic mass is 16.5. The molecule has 0 aliphatic carbocycles. The maximum Gasteiger partial charge on any atom is 0.243 e. The van der Waals surface area contributed by atoms with E-state index in [9.17, 15) is 4.79 Å². The summed E-state index contributed by atoms with van der Waals surface area (Å²) < 4.78 is 6.45. The van der Waals surface area contributed by atoms with Gasteiger partial charge in [0.25, 0.3) is 0 Å². The normalized spacial score (nSPS) is 9.93. The van der Waals surface area contributed by atoms with Gasteiger partial charge in [-0.2, -0.15) is 0 Å². The van der Waals surface area contributed by atoms with Crippen molar-refractivity contribution in [3.8, 4) is 11.7 Å². The second kappa shape index (κ2) is 3.91. The second-order valence-corrected chi connectivity index (χ2v) is 2.84. The van der Waals surface area contributed by atoms with E-state index in [-0.39, 0.29) is 0 Å². The van der Waals surface area contributed by atoms with E-state index >= 15 is 0 Å². The fourth-order valence-electron chi connectivity index (χ4n) is 1.22. The molecule has 0 fully saturated rings. The molecular formula is C10H9N3O2. The zero-order chi connectivity index (χ0) is 10.7. The van der Waals surface area contributed by atoms with Crippen LogP contribution in [0.15, 0.2) is 30.6 Å². The van der Waals surface area contributed by atoms with Crippen LogP contribution >= 0.6 is 0 Å². The van der Waals surface area contributed by atoms with Crippen LogP contribution in [0.3, 0.4) is 0 Å². The summed E-state index contributed by atoms with van der Waals surface area (Å²) in [6.07, 6.45) is 3.93. The van der Waals surface area contributed by atoms with Gasteiger partial charge in [0.2, 0.25) is 5.88 Å². The Bertz CT molecular complexity index is 465. The van der Waals surface area contributed by atoms with Gasteiger partial charge in [-0.25, -0.2) is 9.67 Å². The predicted molar refractivity (Wildman–Crippen MR) is 53.3 cm³/mol. The minimum atomic E-state index is 0.302. The van der Waals surface area contributed by atoms with Crippen LogP contribution in [0.2, 0.25) is 0 Å². The maximum atomic E-state index is 10.7. The molecule has 0 saturated heterocycles. The molecule has 0 amide bonds. The summed E-state index contributed by atoms with van der Waals surface area (Å²) in [6.45, 7) is 0. The number of carbonyl (C=O) groups is 1. The third-order valence-corrected chi connectivity index (χ3v) is 1.91. The zero-order valence-corrected chi connectivity index (χ0v) is 8.12. The number of nitrogens with zero attached hydrogens (tertiary/aromatic N) is 3. The molecule has 0 spiro atoms. The molecule has 2 aromatic heterocycles. The van der Waals surface area contributed by atoms with Crippen LogP contribution in [0.25, 0.3) is 5.82 Å².